The molecule has 0 saturated carbocycles. The van der Waals surface area contributed by atoms with E-state index in [4.69, 9.17) is 0 Å². The number of hydrogen-bond donors (Lipinski definition) is 1. The predicted molar refractivity (Wildman–Crippen MR) is 60.8 cm³/mol. The second kappa shape index (κ2) is 6.41. The average Bonchev–Trinajstić information content (AvgIpc) is 2.02. The Morgan fingerprint density at radius 3 is 2.43 bits per heavy atom. The molecular formula is C12H21NO. The molecule has 1 N–H and O–H groups in total. The molecule has 2 nitrogen and oxygen atoms in total. The highest BCUT2D eigenvalue weighted by Crippen LogP contribution is 2.18. The van der Waals surface area contributed by atoms with Crippen LogP contribution in [0.25, 0.3) is 0 Å². The third-order valence-electron chi connectivity index (χ3n) is 1.68. The summed E-state index contributed by atoms with van der Waals surface area (Å²) in [6.45, 7) is 8.61. The summed E-state index contributed by atoms with van der Waals surface area (Å²) < 4.78 is 0. The van der Waals surface area contributed by atoms with Crippen molar-refractivity contribution in [3.63, 3.8) is 0 Å². The molecule has 0 unspecified atom stereocenters. The van der Waals surface area contributed by atoms with Crippen LogP contribution in [0.5, 0.6) is 0 Å². The van der Waals surface area contributed by atoms with E-state index in [2.05, 4.69) is 32.2 Å². The van der Waals surface area contributed by atoms with Crippen molar-refractivity contribution in [3.8, 4) is 0 Å². The topological polar surface area (TPSA) is 29.1 Å². The summed E-state index contributed by atoms with van der Waals surface area (Å²) in [6.07, 6.45) is 8.70. The van der Waals surface area contributed by atoms with Crippen LogP contribution in [0.1, 0.15) is 40.5 Å². The molecule has 1 amide bonds. The van der Waals surface area contributed by atoms with Gasteiger partial charge in [0.05, 0.1) is 0 Å². The zero-order chi connectivity index (χ0) is 11.0. The first kappa shape index (κ1) is 12.9. The van der Waals surface area contributed by atoms with Gasteiger partial charge in [-0.15, -0.1) is 0 Å². The Kier molecular flexibility index (Phi) is 5.93. The summed E-state index contributed by atoms with van der Waals surface area (Å²) >= 11 is 0. The molecule has 0 saturated heterocycles. The molecule has 0 radical (unpaired) electrons. The highest BCUT2D eigenvalue weighted by atomic mass is 16.1. The number of nitrogens with one attached hydrogen (secondary N) is 1. The van der Waals surface area contributed by atoms with Crippen molar-refractivity contribution >= 4 is 6.41 Å². The molecule has 0 fully saturated rings. The largest absolute Gasteiger partial charge is 0.329 e. The zero-order valence-electron chi connectivity index (χ0n) is 9.63. The van der Waals surface area contributed by atoms with E-state index in [1.165, 1.54) is 0 Å². The van der Waals surface area contributed by atoms with Crippen LogP contribution in [0.15, 0.2) is 23.9 Å². The van der Waals surface area contributed by atoms with Crippen LogP contribution in [0.2, 0.25) is 0 Å². The first-order chi connectivity index (χ1) is 6.49. The van der Waals surface area contributed by atoms with Crippen LogP contribution in [-0.4, -0.2) is 6.41 Å². The second-order valence-corrected chi connectivity index (χ2v) is 4.50. The third-order valence-corrected chi connectivity index (χ3v) is 1.68. The summed E-state index contributed by atoms with van der Waals surface area (Å²) in [5, 5.41) is 2.66. The van der Waals surface area contributed by atoms with Crippen molar-refractivity contribution in [1.29, 1.82) is 0 Å². The van der Waals surface area contributed by atoms with E-state index in [1.807, 2.05) is 19.1 Å². The van der Waals surface area contributed by atoms with Gasteiger partial charge in [-0.3, -0.25) is 4.79 Å². The van der Waals surface area contributed by atoms with Crippen molar-refractivity contribution in [2.75, 3.05) is 0 Å². The van der Waals surface area contributed by atoms with Gasteiger partial charge < -0.3 is 5.32 Å². The van der Waals surface area contributed by atoms with Crippen molar-refractivity contribution < 1.29 is 4.79 Å². The number of allylic oxidation sites excluding steroid dienone is 3. The lowest BCUT2D eigenvalue weighted by Crippen LogP contribution is -2.08. The predicted octanol–water partition coefficient (Wildman–Crippen LogP) is 3.02. The van der Waals surface area contributed by atoms with Crippen molar-refractivity contribution in [1.82, 2.24) is 5.32 Å². The van der Waals surface area contributed by atoms with E-state index >= 15 is 0 Å². The number of amides is 1. The molecule has 0 aromatic heterocycles. The minimum Gasteiger partial charge on any atom is -0.329 e. The molecule has 0 aliphatic rings. The quantitative estimate of drug-likeness (QED) is 0.530. The van der Waals surface area contributed by atoms with Gasteiger partial charge in [0.15, 0.2) is 0 Å². The van der Waals surface area contributed by atoms with Crippen molar-refractivity contribution in [3.05, 3.63) is 23.9 Å². The van der Waals surface area contributed by atoms with E-state index < -0.39 is 0 Å². The van der Waals surface area contributed by atoms with Crippen LogP contribution in [0.3, 0.4) is 0 Å². The fraction of sp³-hybridized carbons (Fsp3) is 0.583. The van der Waals surface area contributed by atoms with E-state index in [0.29, 0.717) is 11.8 Å². The van der Waals surface area contributed by atoms with E-state index in [-0.39, 0.29) is 0 Å². The Labute approximate surface area is 87.1 Å². The minimum absolute atomic E-state index is 0.301. The maximum Gasteiger partial charge on any atom is 0.211 e. The van der Waals surface area contributed by atoms with Crippen LogP contribution < -0.4 is 5.32 Å². The third kappa shape index (κ3) is 7.59. The van der Waals surface area contributed by atoms with Gasteiger partial charge in [0.25, 0.3) is 0 Å². The maximum absolute atomic E-state index is 10.3. The first-order valence-electron chi connectivity index (χ1n) is 5.06. The maximum atomic E-state index is 10.3. The molecule has 2 heteroatoms. The van der Waals surface area contributed by atoms with Crippen molar-refractivity contribution in [2.24, 2.45) is 5.41 Å². The van der Waals surface area contributed by atoms with Gasteiger partial charge in [0.1, 0.15) is 0 Å². The molecule has 0 aliphatic carbocycles. The van der Waals surface area contributed by atoms with Gasteiger partial charge >= 0.3 is 0 Å². The molecule has 0 rings (SSSR count). The van der Waals surface area contributed by atoms with Gasteiger partial charge in [-0.25, -0.2) is 0 Å². The molecule has 0 bridgehead atoms. The number of carbonyl (C=O) groups is 1. The highest BCUT2D eigenvalue weighted by molar-refractivity contribution is 5.51. The van der Waals surface area contributed by atoms with Gasteiger partial charge in [-0.1, -0.05) is 39.8 Å². The number of hydrogen-bond acceptors (Lipinski definition) is 1. The highest BCUT2D eigenvalue weighted by Gasteiger charge is 2.06. The molecule has 0 aromatic rings. The second-order valence-electron chi connectivity index (χ2n) is 4.50. The van der Waals surface area contributed by atoms with Crippen LogP contribution in [-0.2, 0) is 4.79 Å². The lowest BCUT2D eigenvalue weighted by Gasteiger charge is -2.14. The van der Waals surface area contributed by atoms with Crippen molar-refractivity contribution in [2.45, 2.75) is 40.5 Å². The Balaban J connectivity index is 4.16. The van der Waals surface area contributed by atoms with Gasteiger partial charge in [0, 0.05) is 5.70 Å². The number of rotatable bonds is 5. The van der Waals surface area contributed by atoms with Crippen LogP contribution in [0.4, 0.5) is 0 Å². The zero-order valence-corrected chi connectivity index (χ0v) is 9.63. The first-order valence-corrected chi connectivity index (χ1v) is 5.06. The molecule has 0 aliphatic heterocycles. The number of carbonyl (C=O) groups excluding carboxylic acids is 1. The summed E-state index contributed by atoms with van der Waals surface area (Å²) in [6, 6.07) is 0. The average molecular weight is 195 g/mol. The van der Waals surface area contributed by atoms with E-state index in [1.54, 1.807) is 0 Å². The van der Waals surface area contributed by atoms with Crippen LogP contribution >= 0.6 is 0 Å². The molecule has 0 aromatic carbocycles. The smallest absolute Gasteiger partial charge is 0.211 e. The normalized spacial score (nSPS) is 13.3. The van der Waals surface area contributed by atoms with Crippen LogP contribution in [0, 0.1) is 5.41 Å². The van der Waals surface area contributed by atoms with Gasteiger partial charge in [-0.05, 0) is 24.3 Å². The minimum atomic E-state index is 0.301. The summed E-state index contributed by atoms with van der Waals surface area (Å²) in [7, 11) is 0. The fourth-order valence-electron chi connectivity index (χ4n) is 1.00. The summed E-state index contributed by atoms with van der Waals surface area (Å²) in [5.74, 6) is 0. The van der Waals surface area contributed by atoms with E-state index in [9.17, 15) is 4.79 Å². The fourth-order valence-corrected chi connectivity index (χ4v) is 1.00. The Bertz CT molecular complexity index is 221. The molecule has 14 heavy (non-hydrogen) atoms. The Morgan fingerprint density at radius 1 is 1.36 bits per heavy atom. The molecular weight excluding hydrogens is 174 g/mol. The molecule has 0 atom stereocenters. The molecule has 0 spiro atoms. The SMILES string of the molecule is CC/C=C(\C=C/CC(C)(C)C)NC=O. The molecule has 0 heterocycles. The summed E-state index contributed by atoms with van der Waals surface area (Å²) in [4.78, 5) is 10.3. The standard InChI is InChI=1S/C12H21NO/c1-5-7-11(13-10-14)8-6-9-12(2,3)4/h6-8,10H,5,9H2,1-4H3,(H,13,14)/b8-6-,11-7+. The Hall–Kier alpha value is -1.05. The summed E-state index contributed by atoms with van der Waals surface area (Å²) in [5.41, 5.74) is 1.18. The monoisotopic (exact) mass is 195 g/mol. The van der Waals surface area contributed by atoms with Gasteiger partial charge in [0.2, 0.25) is 6.41 Å². The van der Waals surface area contributed by atoms with E-state index in [0.717, 1.165) is 18.5 Å². The lowest BCUT2D eigenvalue weighted by atomic mass is 9.92. The Morgan fingerprint density at radius 2 is 2.00 bits per heavy atom. The van der Waals surface area contributed by atoms with Gasteiger partial charge in [-0.2, -0.15) is 0 Å². The molecule has 80 valence electrons. The lowest BCUT2D eigenvalue weighted by molar-refractivity contribution is -0.108.